The van der Waals surface area contributed by atoms with Crippen LogP contribution in [-0.2, 0) is 9.53 Å². The molecule has 0 atom stereocenters. The number of benzene rings is 1. The van der Waals surface area contributed by atoms with Gasteiger partial charge in [0.15, 0.2) is 11.5 Å². The number of ether oxygens (including phenoxy) is 3. The zero-order chi connectivity index (χ0) is 23.4. The number of nitrogens with zero attached hydrogens (tertiary/aromatic N) is 4. The van der Waals surface area contributed by atoms with Crippen molar-refractivity contribution in [2.75, 3.05) is 33.4 Å². The van der Waals surface area contributed by atoms with E-state index in [9.17, 15) is 14.9 Å². The van der Waals surface area contributed by atoms with Crippen molar-refractivity contribution >= 4 is 17.6 Å². The standard InChI is InChI=1S/C24H22N4O5/c1-16-6-5-9-28-21(16)26-22(33-20-8-4-3-7-19(20)31-2)18(24(28)30)14-17(15-25)23(29)27-10-12-32-13-11-27/h3-9,14H,10-13H2,1-2H3. The molecule has 3 aromatic rings. The fourth-order valence-corrected chi connectivity index (χ4v) is 3.52. The van der Waals surface area contributed by atoms with Crippen molar-refractivity contribution in [2.24, 2.45) is 0 Å². The second-order valence-corrected chi connectivity index (χ2v) is 7.35. The molecule has 0 saturated carbocycles. The summed E-state index contributed by atoms with van der Waals surface area (Å²) < 4.78 is 18.0. The Hall–Kier alpha value is -4.16. The molecule has 0 radical (unpaired) electrons. The number of aromatic nitrogens is 2. The third-order valence-electron chi connectivity index (χ3n) is 5.26. The number of rotatable bonds is 5. The van der Waals surface area contributed by atoms with E-state index in [0.717, 1.165) is 5.56 Å². The van der Waals surface area contributed by atoms with E-state index in [-0.39, 0.29) is 17.0 Å². The number of hydrogen-bond acceptors (Lipinski definition) is 7. The van der Waals surface area contributed by atoms with Gasteiger partial charge < -0.3 is 19.1 Å². The molecule has 168 valence electrons. The first-order valence-corrected chi connectivity index (χ1v) is 10.3. The van der Waals surface area contributed by atoms with Crippen LogP contribution in [0.25, 0.3) is 11.7 Å². The lowest BCUT2D eigenvalue weighted by atomic mass is 10.1. The summed E-state index contributed by atoms with van der Waals surface area (Å²) in [5.74, 6) is 0.292. The third kappa shape index (κ3) is 4.42. The van der Waals surface area contributed by atoms with E-state index in [1.165, 1.54) is 22.5 Å². The predicted molar refractivity (Wildman–Crippen MR) is 120 cm³/mol. The molecule has 4 rings (SSSR count). The summed E-state index contributed by atoms with van der Waals surface area (Å²) in [6, 6.07) is 12.4. The molecule has 0 N–H and O–H groups in total. The van der Waals surface area contributed by atoms with Crippen LogP contribution in [0.3, 0.4) is 0 Å². The van der Waals surface area contributed by atoms with Crippen LogP contribution in [-0.4, -0.2) is 53.6 Å². The lowest BCUT2D eigenvalue weighted by Gasteiger charge is -2.26. The maximum atomic E-state index is 13.4. The van der Waals surface area contributed by atoms with Crippen molar-refractivity contribution in [2.45, 2.75) is 6.92 Å². The normalized spacial score (nSPS) is 14.1. The summed E-state index contributed by atoms with van der Waals surface area (Å²) in [5.41, 5.74) is 0.508. The number of para-hydroxylation sites is 2. The summed E-state index contributed by atoms with van der Waals surface area (Å²) in [6.45, 7) is 3.36. The highest BCUT2D eigenvalue weighted by molar-refractivity contribution is 6.02. The molecule has 1 aliphatic rings. The van der Waals surface area contributed by atoms with Gasteiger partial charge in [0.1, 0.15) is 22.9 Å². The van der Waals surface area contributed by atoms with Gasteiger partial charge in [-0.15, -0.1) is 0 Å². The molecule has 1 saturated heterocycles. The fourth-order valence-electron chi connectivity index (χ4n) is 3.52. The predicted octanol–water partition coefficient (Wildman–Crippen LogP) is 2.57. The van der Waals surface area contributed by atoms with Crippen LogP contribution in [0.4, 0.5) is 0 Å². The molecule has 33 heavy (non-hydrogen) atoms. The van der Waals surface area contributed by atoms with Crippen molar-refractivity contribution < 1.29 is 19.0 Å². The van der Waals surface area contributed by atoms with Crippen molar-refractivity contribution in [1.82, 2.24) is 14.3 Å². The SMILES string of the molecule is COc1ccccc1Oc1nc2c(C)cccn2c(=O)c1C=C(C#N)C(=O)N1CCOCC1. The Kier molecular flexibility index (Phi) is 6.38. The molecular formula is C24H22N4O5. The number of carbonyl (C=O) groups is 1. The van der Waals surface area contributed by atoms with E-state index in [1.807, 2.05) is 19.1 Å². The van der Waals surface area contributed by atoms with Crippen LogP contribution >= 0.6 is 0 Å². The van der Waals surface area contributed by atoms with Crippen LogP contribution in [0.2, 0.25) is 0 Å². The summed E-state index contributed by atoms with van der Waals surface area (Å²) in [6.07, 6.45) is 2.82. The number of hydrogen-bond donors (Lipinski definition) is 0. The van der Waals surface area contributed by atoms with Gasteiger partial charge in [-0.3, -0.25) is 14.0 Å². The Balaban J connectivity index is 1.88. The average molecular weight is 446 g/mol. The van der Waals surface area contributed by atoms with Crippen LogP contribution in [0.1, 0.15) is 11.1 Å². The lowest BCUT2D eigenvalue weighted by molar-refractivity contribution is -0.130. The van der Waals surface area contributed by atoms with Crippen molar-refractivity contribution in [3.8, 4) is 23.4 Å². The highest BCUT2D eigenvalue weighted by Gasteiger charge is 2.23. The summed E-state index contributed by atoms with van der Waals surface area (Å²) >= 11 is 0. The van der Waals surface area contributed by atoms with Crippen molar-refractivity contribution in [3.05, 3.63) is 69.6 Å². The molecule has 0 spiro atoms. The molecule has 0 aliphatic carbocycles. The minimum Gasteiger partial charge on any atom is -0.493 e. The van der Waals surface area contributed by atoms with Gasteiger partial charge in [0.25, 0.3) is 11.5 Å². The summed E-state index contributed by atoms with van der Waals surface area (Å²) in [4.78, 5) is 32.4. The zero-order valence-electron chi connectivity index (χ0n) is 18.3. The molecule has 1 aromatic carbocycles. The number of aryl methyl sites for hydroxylation is 1. The Bertz CT molecular complexity index is 1330. The first kappa shape index (κ1) is 22.0. The van der Waals surface area contributed by atoms with Gasteiger partial charge in [-0.2, -0.15) is 10.2 Å². The van der Waals surface area contributed by atoms with E-state index >= 15 is 0 Å². The highest BCUT2D eigenvalue weighted by Crippen LogP contribution is 2.32. The molecule has 0 bridgehead atoms. The van der Waals surface area contributed by atoms with Gasteiger partial charge in [-0.1, -0.05) is 18.2 Å². The Morgan fingerprint density at radius 1 is 1.18 bits per heavy atom. The van der Waals surface area contributed by atoms with Crippen LogP contribution in [0, 0.1) is 18.3 Å². The Morgan fingerprint density at radius 3 is 2.61 bits per heavy atom. The molecular weight excluding hydrogens is 424 g/mol. The minimum atomic E-state index is -0.474. The average Bonchev–Trinajstić information content (AvgIpc) is 2.85. The molecule has 2 aromatic heterocycles. The third-order valence-corrected chi connectivity index (χ3v) is 5.26. The molecule has 9 nitrogen and oxygen atoms in total. The minimum absolute atomic E-state index is 0.0119. The smallest absolute Gasteiger partial charge is 0.269 e. The van der Waals surface area contributed by atoms with Gasteiger partial charge in [0, 0.05) is 19.3 Å². The van der Waals surface area contributed by atoms with Crippen molar-refractivity contribution in [1.29, 1.82) is 5.26 Å². The first-order chi connectivity index (χ1) is 16.0. The molecule has 1 amide bonds. The second-order valence-electron chi connectivity index (χ2n) is 7.35. The van der Waals surface area contributed by atoms with Crippen LogP contribution < -0.4 is 15.0 Å². The second kappa shape index (κ2) is 9.54. The molecule has 0 unspecified atom stereocenters. The van der Waals surface area contributed by atoms with Gasteiger partial charge in [-0.25, -0.2) is 0 Å². The number of fused-ring (bicyclic) bond motifs is 1. The van der Waals surface area contributed by atoms with Gasteiger partial charge in [0.2, 0.25) is 5.88 Å². The number of amides is 1. The number of morpholine rings is 1. The Labute approximate surface area is 190 Å². The van der Waals surface area contributed by atoms with Crippen LogP contribution in [0.5, 0.6) is 17.4 Å². The fraction of sp³-hybridized carbons (Fsp3) is 0.250. The number of methoxy groups -OCH3 is 1. The number of pyridine rings is 1. The maximum Gasteiger partial charge on any atom is 0.269 e. The topological polar surface area (TPSA) is 106 Å². The number of carbonyl (C=O) groups excluding carboxylic acids is 1. The lowest BCUT2D eigenvalue weighted by Crippen LogP contribution is -2.41. The largest absolute Gasteiger partial charge is 0.493 e. The van der Waals surface area contributed by atoms with Gasteiger partial charge >= 0.3 is 0 Å². The quantitative estimate of drug-likeness (QED) is 0.438. The number of nitriles is 1. The molecule has 1 fully saturated rings. The van der Waals surface area contributed by atoms with Crippen molar-refractivity contribution in [3.63, 3.8) is 0 Å². The van der Waals surface area contributed by atoms with E-state index in [4.69, 9.17) is 14.2 Å². The molecule has 3 heterocycles. The van der Waals surface area contributed by atoms with Gasteiger partial charge in [0.05, 0.1) is 20.3 Å². The summed E-state index contributed by atoms with van der Waals surface area (Å²) in [7, 11) is 1.50. The summed E-state index contributed by atoms with van der Waals surface area (Å²) in [5, 5.41) is 9.71. The Morgan fingerprint density at radius 2 is 1.91 bits per heavy atom. The first-order valence-electron chi connectivity index (χ1n) is 10.3. The highest BCUT2D eigenvalue weighted by atomic mass is 16.5. The monoisotopic (exact) mass is 446 g/mol. The van der Waals surface area contributed by atoms with Crippen LogP contribution in [0.15, 0.2) is 53.0 Å². The maximum absolute atomic E-state index is 13.4. The van der Waals surface area contributed by atoms with Gasteiger partial charge in [-0.05, 0) is 36.8 Å². The zero-order valence-corrected chi connectivity index (χ0v) is 18.3. The van der Waals surface area contributed by atoms with E-state index in [0.29, 0.717) is 43.4 Å². The van der Waals surface area contributed by atoms with E-state index < -0.39 is 11.5 Å². The molecule has 1 aliphatic heterocycles. The molecule has 9 heteroatoms. The van der Waals surface area contributed by atoms with E-state index in [2.05, 4.69) is 4.98 Å². The van der Waals surface area contributed by atoms with E-state index in [1.54, 1.807) is 36.5 Å².